The van der Waals surface area contributed by atoms with Gasteiger partial charge in [0, 0.05) is 12.3 Å². The zero-order chi connectivity index (χ0) is 14.5. The average Bonchev–Trinajstić information content (AvgIpc) is 2.43. The fraction of sp³-hybridized carbons (Fsp3) is 0.706. The lowest BCUT2D eigenvalue weighted by atomic mass is 10.0. The molecule has 0 radical (unpaired) electrons. The van der Waals surface area contributed by atoms with Crippen LogP contribution in [0.5, 0.6) is 0 Å². The third kappa shape index (κ3) is 8.63. The monoisotopic (exact) mass is 264 g/mol. The molecule has 2 heteroatoms. The Morgan fingerprint density at radius 2 is 1.84 bits per heavy atom. The first kappa shape index (κ1) is 17.9. The molecular weight excluding hydrogens is 232 g/mol. The SMILES string of the molecule is CC/C=C\CCC(C)CC/N=C(CC)\C(=C\N)CC. The van der Waals surface area contributed by atoms with Crippen molar-refractivity contribution in [3.05, 3.63) is 23.9 Å². The summed E-state index contributed by atoms with van der Waals surface area (Å²) in [7, 11) is 0. The van der Waals surface area contributed by atoms with Gasteiger partial charge in [-0.2, -0.15) is 0 Å². The Morgan fingerprint density at radius 3 is 2.37 bits per heavy atom. The molecule has 0 aliphatic rings. The molecule has 19 heavy (non-hydrogen) atoms. The molecule has 0 aliphatic carbocycles. The molecule has 1 atom stereocenters. The summed E-state index contributed by atoms with van der Waals surface area (Å²) in [6.45, 7) is 9.71. The Balaban J connectivity index is 4.06. The van der Waals surface area contributed by atoms with Crippen molar-refractivity contribution in [2.45, 2.75) is 66.2 Å². The summed E-state index contributed by atoms with van der Waals surface area (Å²) in [6, 6.07) is 0. The lowest BCUT2D eigenvalue weighted by Crippen LogP contribution is -2.06. The summed E-state index contributed by atoms with van der Waals surface area (Å²) in [5.41, 5.74) is 8.01. The van der Waals surface area contributed by atoms with Crippen LogP contribution in [-0.2, 0) is 0 Å². The lowest BCUT2D eigenvalue weighted by molar-refractivity contribution is 0.504. The van der Waals surface area contributed by atoms with Crippen molar-refractivity contribution in [3.8, 4) is 0 Å². The maximum Gasteiger partial charge on any atom is 0.0395 e. The van der Waals surface area contributed by atoms with E-state index in [0.29, 0.717) is 0 Å². The van der Waals surface area contributed by atoms with Crippen LogP contribution in [0, 0.1) is 5.92 Å². The molecule has 2 N–H and O–H groups in total. The number of hydrogen-bond donors (Lipinski definition) is 1. The van der Waals surface area contributed by atoms with Crippen molar-refractivity contribution in [1.29, 1.82) is 0 Å². The van der Waals surface area contributed by atoms with Crippen LogP contribution in [0.4, 0.5) is 0 Å². The quantitative estimate of drug-likeness (QED) is 0.444. The minimum absolute atomic E-state index is 0.746. The van der Waals surface area contributed by atoms with Crippen molar-refractivity contribution in [3.63, 3.8) is 0 Å². The first-order chi connectivity index (χ1) is 9.19. The zero-order valence-electron chi connectivity index (χ0n) is 13.3. The highest BCUT2D eigenvalue weighted by molar-refractivity contribution is 5.99. The predicted octanol–water partition coefficient (Wildman–Crippen LogP) is 4.86. The fourth-order valence-electron chi connectivity index (χ4n) is 2.09. The maximum atomic E-state index is 5.64. The summed E-state index contributed by atoms with van der Waals surface area (Å²) < 4.78 is 0. The van der Waals surface area contributed by atoms with Crippen LogP contribution in [0.25, 0.3) is 0 Å². The molecule has 0 aliphatic heterocycles. The van der Waals surface area contributed by atoms with Crippen molar-refractivity contribution in [2.24, 2.45) is 16.6 Å². The normalized spacial score (nSPS) is 15.2. The molecule has 0 saturated heterocycles. The van der Waals surface area contributed by atoms with Gasteiger partial charge in [-0.1, -0.05) is 39.8 Å². The second kappa shape index (κ2) is 12.0. The minimum atomic E-state index is 0.746. The third-order valence-corrected chi connectivity index (χ3v) is 3.44. The van der Waals surface area contributed by atoms with Gasteiger partial charge < -0.3 is 5.73 Å². The minimum Gasteiger partial charge on any atom is -0.404 e. The van der Waals surface area contributed by atoms with Crippen LogP contribution in [0.1, 0.15) is 66.2 Å². The van der Waals surface area contributed by atoms with Gasteiger partial charge in [-0.15, -0.1) is 0 Å². The Labute approximate surface area is 119 Å². The fourth-order valence-corrected chi connectivity index (χ4v) is 2.09. The molecule has 0 spiro atoms. The Morgan fingerprint density at radius 1 is 1.11 bits per heavy atom. The number of rotatable bonds is 10. The van der Waals surface area contributed by atoms with E-state index in [-0.39, 0.29) is 0 Å². The molecule has 0 rings (SSSR count). The maximum absolute atomic E-state index is 5.64. The van der Waals surface area contributed by atoms with E-state index in [9.17, 15) is 0 Å². The number of nitrogens with zero attached hydrogens (tertiary/aromatic N) is 1. The molecule has 0 saturated carbocycles. The molecule has 0 aromatic carbocycles. The van der Waals surface area contributed by atoms with Gasteiger partial charge in [0.05, 0.1) is 0 Å². The van der Waals surface area contributed by atoms with Crippen LogP contribution < -0.4 is 5.73 Å². The van der Waals surface area contributed by atoms with E-state index in [1.54, 1.807) is 6.20 Å². The molecule has 2 nitrogen and oxygen atoms in total. The first-order valence-electron chi connectivity index (χ1n) is 7.78. The summed E-state index contributed by atoms with van der Waals surface area (Å²) >= 11 is 0. The standard InChI is InChI=1S/C17H32N2/c1-5-8-9-10-11-15(4)12-13-19-17(7-3)16(6-2)14-18/h8-9,14-15H,5-7,10-13,18H2,1-4H3/b9-8-,16-14+,19-17-. The van der Waals surface area contributed by atoms with Crippen LogP contribution in [0.2, 0.25) is 0 Å². The van der Waals surface area contributed by atoms with Gasteiger partial charge in [0.2, 0.25) is 0 Å². The second-order valence-electron chi connectivity index (χ2n) is 5.08. The van der Waals surface area contributed by atoms with Gasteiger partial charge in [0.1, 0.15) is 0 Å². The Bertz CT molecular complexity index is 300. The highest BCUT2D eigenvalue weighted by Crippen LogP contribution is 2.12. The summed E-state index contributed by atoms with van der Waals surface area (Å²) in [6.07, 6.45) is 13.0. The Hall–Kier alpha value is -1.05. The lowest BCUT2D eigenvalue weighted by Gasteiger charge is -2.10. The van der Waals surface area contributed by atoms with Crippen molar-refractivity contribution < 1.29 is 0 Å². The van der Waals surface area contributed by atoms with Crippen LogP contribution in [0.15, 0.2) is 28.9 Å². The molecule has 0 aromatic rings. The van der Waals surface area contributed by atoms with Crippen molar-refractivity contribution >= 4 is 5.71 Å². The third-order valence-electron chi connectivity index (χ3n) is 3.44. The molecule has 1 unspecified atom stereocenters. The molecule has 0 amide bonds. The molecule has 0 heterocycles. The highest BCUT2D eigenvalue weighted by Gasteiger charge is 2.03. The zero-order valence-corrected chi connectivity index (χ0v) is 13.3. The highest BCUT2D eigenvalue weighted by atomic mass is 14.7. The second-order valence-corrected chi connectivity index (χ2v) is 5.08. The van der Waals surface area contributed by atoms with Gasteiger partial charge in [-0.3, -0.25) is 4.99 Å². The van der Waals surface area contributed by atoms with E-state index in [2.05, 4.69) is 39.8 Å². The van der Waals surface area contributed by atoms with Gasteiger partial charge >= 0.3 is 0 Å². The van der Waals surface area contributed by atoms with E-state index in [4.69, 9.17) is 10.7 Å². The molecule has 0 fully saturated rings. The van der Waals surface area contributed by atoms with Gasteiger partial charge in [-0.25, -0.2) is 0 Å². The Kier molecular flexibility index (Phi) is 11.3. The largest absolute Gasteiger partial charge is 0.404 e. The van der Waals surface area contributed by atoms with Crippen molar-refractivity contribution in [2.75, 3.05) is 6.54 Å². The molecular formula is C17H32N2. The van der Waals surface area contributed by atoms with Gasteiger partial charge in [-0.05, 0) is 56.2 Å². The molecule has 110 valence electrons. The van der Waals surface area contributed by atoms with Crippen LogP contribution >= 0.6 is 0 Å². The van der Waals surface area contributed by atoms with Gasteiger partial charge in [0.25, 0.3) is 0 Å². The molecule has 0 bridgehead atoms. The van der Waals surface area contributed by atoms with E-state index >= 15 is 0 Å². The topological polar surface area (TPSA) is 38.4 Å². The number of hydrogen-bond acceptors (Lipinski definition) is 2. The summed E-state index contributed by atoms with van der Waals surface area (Å²) in [5, 5.41) is 0. The van der Waals surface area contributed by atoms with Gasteiger partial charge in [0.15, 0.2) is 0 Å². The number of aliphatic imine (C=N–C) groups is 1. The average molecular weight is 264 g/mol. The summed E-state index contributed by atoms with van der Waals surface area (Å²) in [5.74, 6) is 0.746. The summed E-state index contributed by atoms with van der Waals surface area (Å²) in [4.78, 5) is 4.72. The predicted molar refractivity (Wildman–Crippen MR) is 87.6 cm³/mol. The van der Waals surface area contributed by atoms with Crippen LogP contribution in [-0.4, -0.2) is 12.3 Å². The first-order valence-corrected chi connectivity index (χ1v) is 7.78. The van der Waals surface area contributed by atoms with Crippen LogP contribution in [0.3, 0.4) is 0 Å². The number of allylic oxidation sites excluding steroid dienone is 3. The molecule has 0 aromatic heterocycles. The smallest absolute Gasteiger partial charge is 0.0395 e. The van der Waals surface area contributed by atoms with E-state index in [0.717, 1.165) is 31.7 Å². The van der Waals surface area contributed by atoms with Crippen molar-refractivity contribution in [1.82, 2.24) is 0 Å². The van der Waals surface area contributed by atoms with E-state index in [1.165, 1.54) is 30.5 Å². The number of nitrogens with two attached hydrogens (primary N) is 1. The van der Waals surface area contributed by atoms with E-state index in [1.807, 2.05) is 0 Å². The van der Waals surface area contributed by atoms with E-state index < -0.39 is 0 Å².